The summed E-state index contributed by atoms with van der Waals surface area (Å²) in [5, 5.41) is 0.595. The summed E-state index contributed by atoms with van der Waals surface area (Å²) in [7, 11) is 1.50. The zero-order valence-electron chi connectivity index (χ0n) is 15.0. The summed E-state index contributed by atoms with van der Waals surface area (Å²) in [6.45, 7) is -1.14. The summed E-state index contributed by atoms with van der Waals surface area (Å²) in [6, 6.07) is 8.95. The molecule has 0 unspecified atom stereocenters. The van der Waals surface area contributed by atoms with Gasteiger partial charge >= 0.3 is 5.97 Å². The van der Waals surface area contributed by atoms with Gasteiger partial charge in [0.15, 0.2) is 13.2 Å². The van der Waals surface area contributed by atoms with Crippen LogP contribution in [0.25, 0.3) is 0 Å². The van der Waals surface area contributed by atoms with Crippen molar-refractivity contribution in [3.05, 3.63) is 57.0 Å². The lowest BCUT2D eigenvalue weighted by atomic mass is 10.2. The van der Waals surface area contributed by atoms with Crippen molar-refractivity contribution in [1.82, 2.24) is 10.9 Å². The van der Waals surface area contributed by atoms with Gasteiger partial charge in [-0.15, -0.1) is 0 Å². The molecule has 2 aromatic carbocycles. The van der Waals surface area contributed by atoms with E-state index >= 15 is 0 Å². The molecule has 2 amide bonds. The van der Waals surface area contributed by atoms with E-state index in [9.17, 15) is 14.4 Å². The normalized spacial score (nSPS) is 10.1. The number of amides is 2. The van der Waals surface area contributed by atoms with E-state index < -0.39 is 31.0 Å². The maximum Gasteiger partial charge on any atom is 0.344 e. The van der Waals surface area contributed by atoms with Gasteiger partial charge in [0.25, 0.3) is 11.8 Å². The van der Waals surface area contributed by atoms with Crippen LogP contribution in [0.4, 0.5) is 0 Å². The molecule has 0 saturated carbocycles. The number of ether oxygens (including phenoxy) is 3. The van der Waals surface area contributed by atoms with Crippen molar-refractivity contribution in [2.75, 3.05) is 20.3 Å². The summed E-state index contributed by atoms with van der Waals surface area (Å²) >= 11 is 17.6. The molecule has 2 rings (SSSR count). The van der Waals surface area contributed by atoms with Gasteiger partial charge in [-0.25, -0.2) is 4.79 Å². The minimum absolute atomic E-state index is 0.134. The van der Waals surface area contributed by atoms with Gasteiger partial charge in [0.05, 0.1) is 22.2 Å². The number of carbonyl (C=O) groups is 3. The van der Waals surface area contributed by atoms with E-state index in [0.29, 0.717) is 11.3 Å². The molecule has 0 bridgehead atoms. The fourth-order valence-electron chi connectivity index (χ4n) is 1.92. The molecule has 0 spiro atoms. The fraction of sp³-hybridized carbons (Fsp3) is 0.167. The molecule has 11 heteroatoms. The molecule has 0 aliphatic carbocycles. The van der Waals surface area contributed by atoms with Crippen LogP contribution in [0.3, 0.4) is 0 Å². The number of hydrogen-bond donors (Lipinski definition) is 2. The van der Waals surface area contributed by atoms with Crippen molar-refractivity contribution in [3.8, 4) is 11.5 Å². The quantitative estimate of drug-likeness (QED) is 0.373. The van der Waals surface area contributed by atoms with Gasteiger partial charge in [0.2, 0.25) is 0 Å². The third-order valence-corrected chi connectivity index (χ3v) is 4.37. The van der Waals surface area contributed by atoms with Crippen LogP contribution in [0.5, 0.6) is 11.5 Å². The summed E-state index contributed by atoms with van der Waals surface area (Å²) in [5.74, 6) is -1.41. The molecule has 0 saturated heterocycles. The first-order chi connectivity index (χ1) is 13.8. The Kier molecular flexibility index (Phi) is 8.38. The Bertz CT molecular complexity index is 905. The van der Waals surface area contributed by atoms with Crippen molar-refractivity contribution in [2.45, 2.75) is 0 Å². The zero-order chi connectivity index (χ0) is 21.4. The second kappa shape index (κ2) is 10.8. The highest BCUT2D eigenvalue weighted by Crippen LogP contribution is 2.33. The highest BCUT2D eigenvalue weighted by Gasteiger charge is 2.13. The lowest BCUT2D eigenvalue weighted by Crippen LogP contribution is -2.43. The highest BCUT2D eigenvalue weighted by atomic mass is 35.5. The summed E-state index contributed by atoms with van der Waals surface area (Å²) < 4.78 is 14.9. The van der Waals surface area contributed by atoms with E-state index in [1.165, 1.54) is 31.4 Å². The average Bonchev–Trinajstić information content (AvgIpc) is 2.72. The van der Waals surface area contributed by atoms with Gasteiger partial charge in [-0.05, 0) is 30.3 Å². The number of esters is 1. The highest BCUT2D eigenvalue weighted by molar-refractivity contribution is 6.43. The van der Waals surface area contributed by atoms with Crippen molar-refractivity contribution < 1.29 is 28.6 Å². The minimum atomic E-state index is -0.830. The van der Waals surface area contributed by atoms with Crippen LogP contribution < -0.4 is 20.3 Å². The Morgan fingerprint density at radius 1 is 0.897 bits per heavy atom. The third kappa shape index (κ3) is 7.01. The number of rotatable bonds is 7. The molecule has 8 nitrogen and oxygen atoms in total. The van der Waals surface area contributed by atoms with E-state index in [2.05, 4.69) is 10.9 Å². The van der Waals surface area contributed by atoms with Crippen LogP contribution in [0.2, 0.25) is 15.1 Å². The third-order valence-electron chi connectivity index (χ3n) is 3.35. The van der Waals surface area contributed by atoms with Gasteiger partial charge in [-0.3, -0.25) is 20.4 Å². The van der Waals surface area contributed by atoms with Crippen LogP contribution in [0, 0.1) is 0 Å². The van der Waals surface area contributed by atoms with Gasteiger partial charge in [0.1, 0.15) is 11.5 Å². The molecule has 0 fully saturated rings. The molecule has 0 aromatic heterocycles. The van der Waals surface area contributed by atoms with Crippen molar-refractivity contribution in [3.63, 3.8) is 0 Å². The van der Waals surface area contributed by atoms with Gasteiger partial charge in [-0.1, -0.05) is 34.8 Å². The Labute approximate surface area is 180 Å². The van der Waals surface area contributed by atoms with Gasteiger partial charge in [-0.2, -0.15) is 0 Å². The monoisotopic (exact) mass is 460 g/mol. The molecule has 29 heavy (non-hydrogen) atoms. The SMILES string of the molecule is COc1ccc(C(=O)NNC(=O)COC(=O)COc2cc(Cl)c(Cl)cc2Cl)cc1. The smallest absolute Gasteiger partial charge is 0.344 e. The number of nitrogens with one attached hydrogen (secondary N) is 2. The van der Waals surface area contributed by atoms with Crippen molar-refractivity contribution in [2.24, 2.45) is 0 Å². The molecular weight excluding hydrogens is 447 g/mol. The molecule has 0 aliphatic heterocycles. The predicted octanol–water partition coefficient (Wildman–Crippen LogP) is 3.04. The molecule has 0 heterocycles. The standard InChI is InChI=1S/C18H15Cl3N2O6/c1-27-11-4-2-10(3-5-11)18(26)23-22-16(24)8-29-17(25)9-28-15-7-13(20)12(19)6-14(15)21/h2-7H,8-9H2,1H3,(H,22,24)(H,23,26). The average molecular weight is 462 g/mol. The topological polar surface area (TPSA) is 103 Å². The first-order valence-corrected chi connectivity index (χ1v) is 9.09. The number of benzene rings is 2. The van der Waals surface area contributed by atoms with Gasteiger partial charge in [0, 0.05) is 11.6 Å². The number of hydrazine groups is 1. The maximum atomic E-state index is 11.9. The van der Waals surface area contributed by atoms with E-state index in [-0.39, 0.29) is 20.8 Å². The Morgan fingerprint density at radius 3 is 2.21 bits per heavy atom. The number of carbonyl (C=O) groups excluding carboxylic acids is 3. The molecular formula is C18H15Cl3N2O6. The second-order valence-corrected chi connectivity index (χ2v) is 6.60. The Balaban J connectivity index is 1.72. The van der Waals surface area contributed by atoms with E-state index in [1.54, 1.807) is 12.1 Å². The predicted molar refractivity (Wildman–Crippen MR) is 107 cm³/mol. The largest absolute Gasteiger partial charge is 0.497 e. The van der Waals surface area contributed by atoms with Crippen LogP contribution in [-0.4, -0.2) is 38.1 Å². The van der Waals surface area contributed by atoms with Crippen LogP contribution in [0.15, 0.2) is 36.4 Å². The van der Waals surface area contributed by atoms with E-state index in [0.717, 1.165) is 0 Å². The summed E-state index contributed by atoms with van der Waals surface area (Å²) in [5.41, 5.74) is 4.61. The maximum absolute atomic E-state index is 11.9. The van der Waals surface area contributed by atoms with E-state index in [1.807, 2.05) is 0 Å². The van der Waals surface area contributed by atoms with Gasteiger partial charge < -0.3 is 14.2 Å². The summed E-state index contributed by atoms with van der Waals surface area (Å²) in [6.07, 6.45) is 0. The van der Waals surface area contributed by atoms with Crippen LogP contribution in [0.1, 0.15) is 10.4 Å². The molecule has 2 aromatic rings. The molecule has 0 aliphatic rings. The lowest BCUT2D eigenvalue weighted by molar-refractivity contribution is -0.150. The number of halogens is 3. The Hall–Kier alpha value is -2.68. The molecule has 2 N–H and O–H groups in total. The zero-order valence-corrected chi connectivity index (χ0v) is 17.2. The number of hydrogen-bond acceptors (Lipinski definition) is 6. The van der Waals surface area contributed by atoms with Crippen molar-refractivity contribution in [1.29, 1.82) is 0 Å². The fourth-order valence-corrected chi connectivity index (χ4v) is 2.51. The molecule has 0 radical (unpaired) electrons. The van der Waals surface area contributed by atoms with Crippen LogP contribution >= 0.6 is 34.8 Å². The van der Waals surface area contributed by atoms with Crippen LogP contribution in [-0.2, 0) is 14.3 Å². The van der Waals surface area contributed by atoms with Crippen molar-refractivity contribution >= 4 is 52.6 Å². The summed E-state index contributed by atoms with van der Waals surface area (Å²) in [4.78, 5) is 35.3. The minimum Gasteiger partial charge on any atom is -0.497 e. The van der Waals surface area contributed by atoms with E-state index in [4.69, 9.17) is 49.0 Å². The lowest BCUT2D eigenvalue weighted by Gasteiger charge is -2.10. The Morgan fingerprint density at radius 2 is 1.55 bits per heavy atom. The molecule has 154 valence electrons. The number of methoxy groups -OCH3 is 1. The second-order valence-electron chi connectivity index (χ2n) is 5.38. The molecule has 0 atom stereocenters. The first-order valence-electron chi connectivity index (χ1n) is 7.96. The first kappa shape index (κ1) is 22.6.